The third-order valence-electron chi connectivity index (χ3n) is 4.04. The zero-order chi connectivity index (χ0) is 21.0. The van der Waals surface area contributed by atoms with Gasteiger partial charge in [-0.15, -0.1) is 24.0 Å². The van der Waals surface area contributed by atoms with Crippen molar-refractivity contribution in [2.24, 2.45) is 4.99 Å². The molecule has 1 heterocycles. The molecule has 0 unspecified atom stereocenters. The highest BCUT2D eigenvalue weighted by atomic mass is 127. The average molecular weight is 550 g/mol. The summed E-state index contributed by atoms with van der Waals surface area (Å²) in [5, 5.41) is 6.49. The molecule has 0 bridgehead atoms. The summed E-state index contributed by atoms with van der Waals surface area (Å²) in [6, 6.07) is 11.2. The predicted molar refractivity (Wildman–Crippen MR) is 129 cm³/mol. The second-order valence-corrected chi connectivity index (χ2v) is 8.31. The maximum absolute atomic E-state index is 11.6. The van der Waals surface area contributed by atoms with Crippen LogP contribution in [-0.4, -0.2) is 41.1 Å². The number of halogens is 1. The van der Waals surface area contributed by atoms with Crippen LogP contribution < -0.4 is 15.4 Å². The minimum Gasteiger partial charge on any atom is -0.467 e. The van der Waals surface area contributed by atoms with Gasteiger partial charge in [-0.25, -0.2) is 18.1 Å². The van der Waals surface area contributed by atoms with Crippen LogP contribution in [0.2, 0.25) is 0 Å². The van der Waals surface area contributed by atoms with E-state index in [9.17, 15) is 8.42 Å². The molecule has 10 heteroatoms. The Morgan fingerprint density at radius 3 is 2.50 bits per heavy atom. The summed E-state index contributed by atoms with van der Waals surface area (Å²) in [7, 11) is -1.85. The second-order valence-electron chi connectivity index (χ2n) is 6.39. The van der Waals surface area contributed by atoms with E-state index in [4.69, 9.17) is 9.15 Å². The molecule has 0 radical (unpaired) electrons. The number of hydrogen-bond acceptors (Lipinski definition) is 5. The van der Waals surface area contributed by atoms with Crippen molar-refractivity contribution in [2.45, 2.75) is 32.2 Å². The van der Waals surface area contributed by atoms with Crippen LogP contribution in [0.4, 0.5) is 0 Å². The SMILES string of the molecule is CCNC(=NCc1ccc(CS(=O)(=O)NC)cc1)NCCCOCc1ccco1.I. The van der Waals surface area contributed by atoms with Crippen LogP contribution in [0.5, 0.6) is 0 Å². The van der Waals surface area contributed by atoms with Crippen LogP contribution in [0.1, 0.15) is 30.2 Å². The Morgan fingerprint density at radius 2 is 1.87 bits per heavy atom. The number of guanidine groups is 1. The first kappa shape index (κ1) is 26.4. The van der Waals surface area contributed by atoms with E-state index in [0.717, 1.165) is 42.4 Å². The Balaban J connectivity index is 0.00000450. The fraction of sp³-hybridized carbons (Fsp3) is 0.450. The van der Waals surface area contributed by atoms with Gasteiger partial charge in [-0.2, -0.15) is 0 Å². The molecule has 168 valence electrons. The van der Waals surface area contributed by atoms with Crippen LogP contribution in [0.15, 0.2) is 52.1 Å². The number of sulfonamides is 1. The van der Waals surface area contributed by atoms with Crippen molar-refractivity contribution in [1.29, 1.82) is 0 Å². The van der Waals surface area contributed by atoms with E-state index in [1.165, 1.54) is 7.05 Å². The lowest BCUT2D eigenvalue weighted by molar-refractivity contribution is 0.105. The largest absolute Gasteiger partial charge is 0.467 e. The monoisotopic (exact) mass is 550 g/mol. The number of nitrogens with zero attached hydrogens (tertiary/aromatic N) is 1. The van der Waals surface area contributed by atoms with E-state index in [-0.39, 0.29) is 29.7 Å². The van der Waals surface area contributed by atoms with Crippen molar-refractivity contribution in [1.82, 2.24) is 15.4 Å². The molecular formula is C20H31IN4O4S. The Hall–Kier alpha value is -1.63. The van der Waals surface area contributed by atoms with Crippen molar-refractivity contribution >= 4 is 40.0 Å². The van der Waals surface area contributed by atoms with Crippen LogP contribution in [0.3, 0.4) is 0 Å². The maximum Gasteiger partial charge on any atom is 0.215 e. The molecule has 2 rings (SSSR count). The molecule has 0 atom stereocenters. The van der Waals surface area contributed by atoms with Crippen molar-refractivity contribution in [3.63, 3.8) is 0 Å². The molecule has 0 fully saturated rings. The first-order valence-electron chi connectivity index (χ1n) is 9.63. The lowest BCUT2D eigenvalue weighted by Gasteiger charge is -2.11. The summed E-state index contributed by atoms with van der Waals surface area (Å²) in [5.74, 6) is 1.53. The number of ether oxygens (including phenoxy) is 1. The van der Waals surface area contributed by atoms with Gasteiger partial charge >= 0.3 is 0 Å². The third-order valence-corrected chi connectivity index (χ3v) is 5.37. The standard InChI is InChI=1S/C20H30N4O4S.HI/c1-3-22-20(23-11-5-12-27-15-19-6-4-13-28-19)24-14-17-7-9-18(10-8-17)16-29(25,26)21-2;/h4,6-10,13,21H,3,5,11-12,14-16H2,1-2H3,(H2,22,23,24);1H. The number of nitrogens with one attached hydrogen (secondary N) is 3. The molecule has 0 aliphatic rings. The second kappa shape index (κ2) is 14.4. The quantitative estimate of drug-likeness (QED) is 0.163. The van der Waals surface area contributed by atoms with Gasteiger partial charge in [0.15, 0.2) is 5.96 Å². The smallest absolute Gasteiger partial charge is 0.215 e. The molecule has 1 aromatic heterocycles. The molecule has 1 aromatic carbocycles. The van der Waals surface area contributed by atoms with E-state index in [1.807, 2.05) is 43.3 Å². The number of furan rings is 1. The van der Waals surface area contributed by atoms with E-state index in [0.29, 0.717) is 19.8 Å². The minimum absolute atomic E-state index is 0. The summed E-state index contributed by atoms with van der Waals surface area (Å²) in [4.78, 5) is 4.57. The lowest BCUT2D eigenvalue weighted by atomic mass is 10.1. The lowest BCUT2D eigenvalue weighted by Crippen LogP contribution is -2.38. The van der Waals surface area contributed by atoms with Crippen molar-refractivity contribution in [3.05, 3.63) is 59.5 Å². The Morgan fingerprint density at radius 1 is 1.13 bits per heavy atom. The minimum atomic E-state index is -3.26. The molecule has 0 aliphatic carbocycles. The molecule has 0 spiro atoms. The van der Waals surface area contributed by atoms with Crippen molar-refractivity contribution < 1.29 is 17.6 Å². The zero-order valence-electron chi connectivity index (χ0n) is 17.4. The molecule has 8 nitrogen and oxygen atoms in total. The van der Waals surface area contributed by atoms with Gasteiger partial charge in [0.05, 0.1) is 18.6 Å². The van der Waals surface area contributed by atoms with Crippen LogP contribution in [0, 0.1) is 0 Å². The number of hydrogen-bond donors (Lipinski definition) is 3. The molecule has 0 saturated heterocycles. The Labute approximate surface area is 195 Å². The zero-order valence-corrected chi connectivity index (χ0v) is 20.5. The Kier molecular flexibility index (Phi) is 12.7. The van der Waals surface area contributed by atoms with E-state index in [1.54, 1.807) is 6.26 Å². The van der Waals surface area contributed by atoms with Crippen LogP contribution in [0.25, 0.3) is 0 Å². The van der Waals surface area contributed by atoms with Crippen molar-refractivity contribution in [3.8, 4) is 0 Å². The molecule has 2 aromatic rings. The molecule has 0 amide bonds. The first-order valence-corrected chi connectivity index (χ1v) is 11.3. The van der Waals surface area contributed by atoms with Crippen molar-refractivity contribution in [2.75, 3.05) is 26.7 Å². The van der Waals surface area contributed by atoms with Gasteiger partial charge in [0.2, 0.25) is 10.0 Å². The Bertz CT molecular complexity index is 840. The molecule has 30 heavy (non-hydrogen) atoms. The third kappa shape index (κ3) is 10.4. The first-order chi connectivity index (χ1) is 14.0. The molecule has 0 aliphatic heterocycles. The fourth-order valence-corrected chi connectivity index (χ4v) is 3.27. The highest BCUT2D eigenvalue weighted by molar-refractivity contribution is 14.0. The molecule has 0 saturated carbocycles. The van der Waals surface area contributed by atoms with Crippen LogP contribution in [-0.2, 0) is 33.7 Å². The highest BCUT2D eigenvalue weighted by Gasteiger charge is 2.08. The predicted octanol–water partition coefficient (Wildman–Crippen LogP) is 2.61. The van der Waals surface area contributed by atoms with Gasteiger partial charge in [-0.05, 0) is 43.7 Å². The van der Waals surface area contributed by atoms with Gasteiger partial charge in [0, 0.05) is 19.7 Å². The van der Waals surface area contributed by atoms with E-state index < -0.39 is 10.0 Å². The summed E-state index contributed by atoms with van der Waals surface area (Å²) in [6.07, 6.45) is 2.48. The fourth-order valence-electron chi connectivity index (χ4n) is 2.49. The number of rotatable bonds is 12. The molecular weight excluding hydrogens is 519 g/mol. The summed E-state index contributed by atoms with van der Waals surface area (Å²) in [5.41, 5.74) is 1.75. The van der Waals surface area contributed by atoms with Gasteiger partial charge in [0.25, 0.3) is 0 Å². The highest BCUT2D eigenvalue weighted by Crippen LogP contribution is 2.08. The van der Waals surface area contributed by atoms with Gasteiger partial charge in [-0.3, -0.25) is 0 Å². The summed E-state index contributed by atoms with van der Waals surface area (Å²) >= 11 is 0. The van der Waals surface area contributed by atoms with Gasteiger partial charge in [0.1, 0.15) is 12.4 Å². The topological polar surface area (TPSA) is 105 Å². The summed E-state index contributed by atoms with van der Waals surface area (Å²) in [6.45, 7) is 5.13. The number of aliphatic imine (C=N–C) groups is 1. The van der Waals surface area contributed by atoms with E-state index >= 15 is 0 Å². The van der Waals surface area contributed by atoms with Gasteiger partial charge < -0.3 is 19.8 Å². The average Bonchev–Trinajstić information content (AvgIpc) is 3.23. The van der Waals surface area contributed by atoms with Gasteiger partial charge in [-0.1, -0.05) is 24.3 Å². The maximum atomic E-state index is 11.6. The normalized spacial score (nSPS) is 11.7. The number of benzene rings is 1. The summed E-state index contributed by atoms with van der Waals surface area (Å²) < 4.78 is 36.3. The molecule has 3 N–H and O–H groups in total. The van der Waals surface area contributed by atoms with E-state index in [2.05, 4.69) is 20.3 Å². The van der Waals surface area contributed by atoms with Crippen LogP contribution >= 0.6 is 24.0 Å².